The van der Waals surface area contributed by atoms with Gasteiger partial charge in [-0.2, -0.15) is 0 Å². The molecule has 1 aliphatic heterocycles. The Hall–Kier alpha value is -2.08. The van der Waals surface area contributed by atoms with E-state index in [9.17, 15) is 9.59 Å². The maximum absolute atomic E-state index is 12.7. The van der Waals surface area contributed by atoms with E-state index in [2.05, 4.69) is 5.32 Å². The van der Waals surface area contributed by atoms with Gasteiger partial charge in [-0.3, -0.25) is 9.59 Å². The van der Waals surface area contributed by atoms with Crippen molar-refractivity contribution in [2.45, 2.75) is 45.3 Å². The SMILES string of the molecule is CN(CC(=O)NC(C)(C)C)C(=O)c1ccccc1OCC1CCCO1. The van der Waals surface area contributed by atoms with Crippen LogP contribution >= 0.6 is 0 Å². The Labute approximate surface area is 149 Å². The number of nitrogens with zero attached hydrogens (tertiary/aromatic N) is 1. The quantitative estimate of drug-likeness (QED) is 0.856. The molecular formula is C19H28N2O4. The number of benzene rings is 1. The largest absolute Gasteiger partial charge is 0.490 e. The van der Waals surface area contributed by atoms with Gasteiger partial charge in [-0.05, 0) is 45.7 Å². The van der Waals surface area contributed by atoms with Gasteiger partial charge in [-0.15, -0.1) is 0 Å². The first-order valence-corrected chi connectivity index (χ1v) is 8.66. The molecule has 1 N–H and O–H groups in total. The molecule has 0 bridgehead atoms. The first-order chi connectivity index (χ1) is 11.8. The van der Waals surface area contributed by atoms with Crippen LogP contribution in [0.25, 0.3) is 0 Å². The van der Waals surface area contributed by atoms with Gasteiger partial charge >= 0.3 is 0 Å². The Kier molecular flexibility index (Phi) is 6.42. The fourth-order valence-corrected chi connectivity index (χ4v) is 2.68. The summed E-state index contributed by atoms with van der Waals surface area (Å²) in [6.07, 6.45) is 2.10. The molecular weight excluding hydrogens is 320 g/mol. The van der Waals surface area contributed by atoms with Crippen LogP contribution in [-0.4, -0.2) is 55.2 Å². The van der Waals surface area contributed by atoms with Gasteiger partial charge in [-0.25, -0.2) is 0 Å². The maximum atomic E-state index is 12.7. The number of likely N-dealkylation sites (N-methyl/N-ethyl adjacent to an activating group) is 1. The van der Waals surface area contributed by atoms with Gasteiger partial charge in [0.25, 0.3) is 5.91 Å². The van der Waals surface area contributed by atoms with Gasteiger partial charge in [0.1, 0.15) is 12.4 Å². The summed E-state index contributed by atoms with van der Waals surface area (Å²) >= 11 is 0. The van der Waals surface area contributed by atoms with E-state index in [1.165, 1.54) is 4.90 Å². The summed E-state index contributed by atoms with van der Waals surface area (Å²) in [4.78, 5) is 26.1. The third kappa shape index (κ3) is 6.05. The first-order valence-electron chi connectivity index (χ1n) is 8.66. The van der Waals surface area contributed by atoms with Crippen LogP contribution in [0.1, 0.15) is 44.0 Å². The second-order valence-electron chi connectivity index (χ2n) is 7.40. The Balaban J connectivity index is 1.99. The van der Waals surface area contributed by atoms with Crippen molar-refractivity contribution in [1.82, 2.24) is 10.2 Å². The summed E-state index contributed by atoms with van der Waals surface area (Å²) in [7, 11) is 1.61. The van der Waals surface area contributed by atoms with E-state index in [0.717, 1.165) is 19.4 Å². The van der Waals surface area contributed by atoms with E-state index in [4.69, 9.17) is 9.47 Å². The van der Waals surface area contributed by atoms with Gasteiger partial charge in [0.05, 0.1) is 18.2 Å². The maximum Gasteiger partial charge on any atom is 0.257 e. The molecule has 0 aliphatic carbocycles. The molecule has 6 nitrogen and oxygen atoms in total. The Morgan fingerprint density at radius 1 is 1.32 bits per heavy atom. The third-order valence-electron chi connectivity index (χ3n) is 3.81. The number of para-hydroxylation sites is 1. The molecule has 1 heterocycles. The molecule has 1 aromatic rings. The fourth-order valence-electron chi connectivity index (χ4n) is 2.68. The van der Waals surface area contributed by atoms with Crippen LogP contribution in [0.5, 0.6) is 5.75 Å². The molecule has 0 saturated carbocycles. The van der Waals surface area contributed by atoms with E-state index >= 15 is 0 Å². The van der Waals surface area contributed by atoms with Crippen LogP contribution in [0.15, 0.2) is 24.3 Å². The predicted molar refractivity (Wildman–Crippen MR) is 95.8 cm³/mol. The van der Waals surface area contributed by atoms with Crippen molar-refractivity contribution in [3.05, 3.63) is 29.8 Å². The highest BCUT2D eigenvalue weighted by Crippen LogP contribution is 2.21. The van der Waals surface area contributed by atoms with Crippen LogP contribution in [0, 0.1) is 0 Å². The third-order valence-corrected chi connectivity index (χ3v) is 3.81. The summed E-state index contributed by atoms with van der Waals surface area (Å²) in [6, 6.07) is 7.10. The van der Waals surface area contributed by atoms with Gasteiger partial charge in [0.2, 0.25) is 5.91 Å². The van der Waals surface area contributed by atoms with Crippen molar-refractivity contribution in [1.29, 1.82) is 0 Å². The molecule has 1 saturated heterocycles. The van der Waals surface area contributed by atoms with Crippen LogP contribution in [0.2, 0.25) is 0 Å². The highest BCUT2D eigenvalue weighted by Gasteiger charge is 2.22. The summed E-state index contributed by atoms with van der Waals surface area (Å²) in [5.74, 6) is 0.0826. The number of hydrogen-bond acceptors (Lipinski definition) is 4. The number of carbonyl (C=O) groups excluding carboxylic acids is 2. The fraction of sp³-hybridized carbons (Fsp3) is 0.579. The monoisotopic (exact) mass is 348 g/mol. The average molecular weight is 348 g/mol. The van der Waals surface area contributed by atoms with Crippen molar-refractivity contribution in [3.8, 4) is 5.75 Å². The van der Waals surface area contributed by atoms with Crippen molar-refractivity contribution in [3.63, 3.8) is 0 Å². The lowest BCUT2D eigenvalue weighted by atomic mass is 10.1. The van der Waals surface area contributed by atoms with Crippen LogP contribution in [0.3, 0.4) is 0 Å². The predicted octanol–water partition coefficient (Wildman–Crippen LogP) is 2.23. The molecule has 2 rings (SSSR count). The van der Waals surface area contributed by atoms with E-state index in [-0.39, 0.29) is 30.0 Å². The van der Waals surface area contributed by atoms with E-state index < -0.39 is 0 Å². The van der Waals surface area contributed by atoms with Crippen LogP contribution in [-0.2, 0) is 9.53 Å². The highest BCUT2D eigenvalue weighted by molar-refractivity contribution is 5.98. The van der Waals surface area contributed by atoms with Gasteiger partial charge in [0.15, 0.2) is 0 Å². The molecule has 1 unspecified atom stereocenters. The second-order valence-corrected chi connectivity index (χ2v) is 7.40. The number of ether oxygens (including phenoxy) is 2. The normalized spacial score (nSPS) is 17.2. The number of rotatable bonds is 6. The van der Waals surface area contributed by atoms with Crippen molar-refractivity contribution in [2.24, 2.45) is 0 Å². The number of hydrogen-bond donors (Lipinski definition) is 1. The standard InChI is InChI=1S/C19H28N2O4/c1-19(2,3)20-17(22)12-21(4)18(23)15-9-5-6-10-16(15)25-13-14-8-7-11-24-14/h5-6,9-10,14H,7-8,11-13H2,1-4H3,(H,20,22). The van der Waals surface area contributed by atoms with Gasteiger partial charge in [0, 0.05) is 19.2 Å². The molecule has 138 valence electrons. The lowest BCUT2D eigenvalue weighted by Gasteiger charge is -2.24. The molecule has 1 aliphatic rings. The molecule has 0 aromatic heterocycles. The number of amides is 2. The first kappa shape index (κ1) is 19.2. The Bertz CT molecular complexity index is 604. The molecule has 2 amide bonds. The minimum Gasteiger partial charge on any atom is -0.490 e. The second kappa shape index (κ2) is 8.34. The van der Waals surface area contributed by atoms with E-state index in [1.54, 1.807) is 25.2 Å². The molecule has 1 atom stereocenters. The lowest BCUT2D eigenvalue weighted by Crippen LogP contribution is -2.46. The van der Waals surface area contributed by atoms with E-state index in [1.807, 2.05) is 26.8 Å². The summed E-state index contributed by atoms with van der Waals surface area (Å²) in [6.45, 7) is 6.90. The summed E-state index contributed by atoms with van der Waals surface area (Å²) < 4.78 is 11.4. The topological polar surface area (TPSA) is 67.9 Å². The van der Waals surface area contributed by atoms with Crippen LogP contribution in [0.4, 0.5) is 0 Å². The molecule has 1 aromatic carbocycles. The van der Waals surface area contributed by atoms with Gasteiger partial charge in [-0.1, -0.05) is 12.1 Å². The zero-order chi connectivity index (χ0) is 18.4. The molecule has 6 heteroatoms. The lowest BCUT2D eigenvalue weighted by molar-refractivity contribution is -0.122. The Morgan fingerprint density at radius 2 is 2.04 bits per heavy atom. The molecule has 1 fully saturated rings. The van der Waals surface area contributed by atoms with Crippen molar-refractivity contribution in [2.75, 3.05) is 26.8 Å². The highest BCUT2D eigenvalue weighted by atomic mass is 16.5. The Morgan fingerprint density at radius 3 is 2.68 bits per heavy atom. The molecule has 25 heavy (non-hydrogen) atoms. The smallest absolute Gasteiger partial charge is 0.257 e. The average Bonchev–Trinajstić information content (AvgIpc) is 3.04. The zero-order valence-electron chi connectivity index (χ0n) is 15.5. The van der Waals surface area contributed by atoms with Crippen molar-refractivity contribution >= 4 is 11.8 Å². The van der Waals surface area contributed by atoms with Crippen molar-refractivity contribution < 1.29 is 19.1 Å². The molecule has 0 spiro atoms. The summed E-state index contributed by atoms with van der Waals surface area (Å²) in [5, 5.41) is 2.85. The number of carbonyl (C=O) groups is 2. The van der Waals surface area contributed by atoms with Gasteiger partial charge < -0.3 is 19.7 Å². The summed E-state index contributed by atoms with van der Waals surface area (Å²) in [5.41, 5.74) is 0.120. The van der Waals surface area contributed by atoms with E-state index in [0.29, 0.717) is 17.9 Å². The van der Waals surface area contributed by atoms with Crippen LogP contribution < -0.4 is 10.1 Å². The minimum absolute atomic E-state index is 0.00380. The zero-order valence-corrected chi connectivity index (χ0v) is 15.5. The number of nitrogens with one attached hydrogen (secondary N) is 1. The molecule has 0 radical (unpaired) electrons. The minimum atomic E-state index is -0.330.